The second-order valence-corrected chi connectivity index (χ2v) is 10.4. The molecule has 0 heterocycles. The van der Waals surface area contributed by atoms with Crippen LogP contribution in [0.15, 0.2) is 24.3 Å². The summed E-state index contributed by atoms with van der Waals surface area (Å²) in [5, 5.41) is 13.7. The molecule has 0 spiro atoms. The average Bonchev–Trinajstić information content (AvgIpc) is 2.51. The minimum absolute atomic E-state index is 0.0535. The van der Waals surface area contributed by atoms with E-state index in [0.717, 1.165) is 12.5 Å². The van der Waals surface area contributed by atoms with Crippen molar-refractivity contribution in [3.05, 3.63) is 39.9 Å². The van der Waals surface area contributed by atoms with E-state index in [9.17, 15) is 14.9 Å². The molecule has 1 N–H and O–H groups in total. The van der Waals surface area contributed by atoms with Crippen LogP contribution in [-0.2, 0) is 9.16 Å². The van der Waals surface area contributed by atoms with Crippen LogP contribution in [0.5, 0.6) is 0 Å². The standard InChI is InChI=1S/C16H26N2O5Si/c1-5-22-24(3,4)12-8-11-17-16(19)23-13(2)14-9-6-7-10-15(14)18(20)21/h6-7,9-10,13H,5,8,11-12H2,1-4H3,(H,17,19). The van der Waals surface area contributed by atoms with Gasteiger partial charge in [-0.2, -0.15) is 0 Å². The third kappa shape index (κ3) is 6.67. The van der Waals surface area contributed by atoms with Crippen LogP contribution >= 0.6 is 0 Å². The second-order valence-electron chi connectivity index (χ2n) is 6.09. The number of amides is 1. The Balaban J connectivity index is 2.44. The normalized spacial score (nSPS) is 12.5. The number of hydrogen-bond donors (Lipinski definition) is 1. The second kappa shape index (κ2) is 9.38. The molecule has 1 aromatic rings. The SMILES string of the molecule is CCO[Si](C)(C)CCCNC(=O)OC(C)c1ccccc1[N+](=O)[O-]. The number of benzene rings is 1. The van der Waals surface area contributed by atoms with Gasteiger partial charge in [0, 0.05) is 19.2 Å². The molecule has 0 saturated carbocycles. The van der Waals surface area contributed by atoms with Gasteiger partial charge in [0.15, 0.2) is 8.32 Å². The third-order valence-corrected chi connectivity index (χ3v) is 6.24. The number of carbonyl (C=O) groups excluding carboxylic acids is 1. The maximum atomic E-state index is 11.8. The lowest BCUT2D eigenvalue weighted by molar-refractivity contribution is -0.386. The lowest BCUT2D eigenvalue weighted by Gasteiger charge is -2.21. The zero-order valence-electron chi connectivity index (χ0n) is 14.7. The highest BCUT2D eigenvalue weighted by atomic mass is 28.4. The number of nitro benzene ring substituents is 1. The van der Waals surface area contributed by atoms with Crippen molar-refractivity contribution in [2.24, 2.45) is 0 Å². The predicted octanol–water partition coefficient (Wildman–Crippen LogP) is 4.01. The molecule has 0 aliphatic rings. The van der Waals surface area contributed by atoms with Gasteiger partial charge >= 0.3 is 6.09 Å². The summed E-state index contributed by atoms with van der Waals surface area (Å²) in [5.74, 6) is 0. The monoisotopic (exact) mass is 354 g/mol. The van der Waals surface area contributed by atoms with Crippen molar-refractivity contribution in [2.45, 2.75) is 45.5 Å². The Morgan fingerprint density at radius 1 is 1.38 bits per heavy atom. The van der Waals surface area contributed by atoms with E-state index in [-0.39, 0.29) is 5.69 Å². The van der Waals surface area contributed by atoms with Crippen molar-refractivity contribution in [1.82, 2.24) is 5.32 Å². The predicted molar refractivity (Wildman–Crippen MR) is 94.5 cm³/mol. The number of nitrogens with one attached hydrogen (secondary N) is 1. The molecule has 0 bridgehead atoms. The molecule has 0 saturated heterocycles. The average molecular weight is 354 g/mol. The molecule has 24 heavy (non-hydrogen) atoms. The summed E-state index contributed by atoms with van der Waals surface area (Å²) in [6.07, 6.45) is -0.453. The molecule has 0 aromatic heterocycles. The fourth-order valence-electron chi connectivity index (χ4n) is 2.43. The van der Waals surface area contributed by atoms with Crippen LogP contribution in [0.1, 0.15) is 31.9 Å². The van der Waals surface area contributed by atoms with Gasteiger partial charge < -0.3 is 14.5 Å². The summed E-state index contributed by atoms with van der Waals surface area (Å²) in [6, 6.07) is 7.19. The zero-order valence-corrected chi connectivity index (χ0v) is 15.7. The van der Waals surface area contributed by atoms with E-state index in [2.05, 4.69) is 18.4 Å². The van der Waals surface area contributed by atoms with Crippen LogP contribution < -0.4 is 5.32 Å². The van der Waals surface area contributed by atoms with Crippen LogP contribution in [0.2, 0.25) is 19.1 Å². The van der Waals surface area contributed by atoms with Gasteiger partial charge in [-0.1, -0.05) is 12.1 Å². The Hall–Kier alpha value is -1.93. The van der Waals surface area contributed by atoms with Crippen molar-refractivity contribution in [3.63, 3.8) is 0 Å². The summed E-state index contributed by atoms with van der Waals surface area (Å²) >= 11 is 0. The summed E-state index contributed by atoms with van der Waals surface area (Å²) in [6.45, 7) is 9.09. The van der Waals surface area contributed by atoms with Crippen LogP contribution in [0.25, 0.3) is 0 Å². The van der Waals surface area contributed by atoms with Gasteiger partial charge in [-0.15, -0.1) is 0 Å². The molecule has 1 atom stereocenters. The van der Waals surface area contributed by atoms with E-state index < -0.39 is 25.4 Å². The fraction of sp³-hybridized carbons (Fsp3) is 0.562. The van der Waals surface area contributed by atoms with Gasteiger partial charge in [0.25, 0.3) is 5.69 Å². The van der Waals surface area contributed by atoms with Crippen molar-refractivity contribution < 1.29 is 18.9 Å². The lowest BCUT2D eigenvalue weighted by Crippen LogP contribution is -2.32. The number of hydrogen-bond acceptors (Lipinski definition) is 5. The van der Waals surface area contributed by atoms with Gasteiger partial charge in [0.2, 0.25) is 0 Å². The van der Waals surface area contributed by atoms with Crippen LogP contribution in [0, 0.1) is 10.1 Å². The van der Waals surface area contributed by atoms with Crippen molar-refractivity contribution in [2.75, 3.05) is 13.2 Å². The number of nitro groups is 1. The third-order valence-electron chi connectivity index (χ3n) is 3.62. The van der Waals surface area contributed by atoms with E-state index >= 15 is 0 Å². The van der Waals surface area contributed by atoms with E-state index in [4.69, 9.17) is 9.16 Å². The van der Waals surface area contributed by atoms with Crippen molar-refractivity contribution >= 4 is 20.1 Å². The number of rotatable bonds is 9. The van der Waals surface area contributed by atoms with Gasteiger partial charge in [-0.3, -0.25) is 10.1 Å². The van der Waals surface area contributed by atoms with Crippen molar-refractivity contribution in [3.8, 4) is 0 Å². The topological polar surface area (TPSA) is 90.7 Å². The van der Waals surface area contributed by atoms with E-state index in [1.807, 2.05) is 6.92 Å². The van der Waals surface area contributed by atoms with E-state index in [1.165, 1.54) is 6.07 Å². The summed E-state index contributed by atoms with van der Waals surface area (Å²) in [5.41, 5.74) is 0.324. The van der Waals surface area contributed by atoms with Crippen LogP contribution in [0.4, 0.5) is 10.5 Å². The minimum atomic E-state index is -1.65. The molecule has 1 amide bonds. The lowest BCUT2D eigenvalue weighted by atomic mass is 10.1. The Morgan fingerprint density at radius 3 is 2.67 bits per heavy atom. The Bertz CT molecular complexity index is 565. The molecule has 0 fully saturated rings. The first kappa shape index (κ1) is 20.1. The quantitative estimate of drug-likeness (QED) is 0.313. The molecule has 1 aromatic carbocycles. The highest BCUT2D eigenvalue weighted by molar-refractivity contribution is 6.71. The summed E-state index contributed by atoms with van der Waals surface area (Å²) < 4.78 is 11.0. The van der Waals surface area contributed by atoms with E-state index in [1.54, 1.807) is 25.1 Å². The highest BCUT2D eigenvalue weighted by Gasteiger charge is 2.22. The molecule has 0 aliphatic heterocycles. The molecule has 1 unspecified atom stereocenters. The first-order valence-electron chi connectivity index (χ1n) is 8.08. The number of alkyl carbamates (subject to hydrolysis) is 1. The van der Waals surface area contributed by atoms with Gasteiger partial charge in [0.1, 0.15) is 6.10 Å². The molecule has 0 radical (unpaired) electrons. The smallest absolute Gasteiger partial charge is 0.407 e. The van der Waals surface area contributed by atoms with Gasteiger partial charge in [0.05, 0.1) is 10.5 Å². The number of nitrogens with zero attached hydrogens (tertiary/aromatic N) is 1. The molecule has 0 aliphatic carbocycles. The largest absolute Gasteiger partial charge is 0.441 e. The molecule has 134 valence electrons. The van der Waals surface area contributed by atoms with Crippen LogP contribution in [-0.4, -0.2) is 32.5 Å². The first-order valence-corrected chi connectivity index (χ1v) is 11.2. The fourth-order valence-corrected chi connectivity index (χ4v) is 4.38. The van der Waals surface area contributed by atoms with Gasteiger partial charge in [-0.25, -0.2) is 4.79 Å². The maximum absolute atomic E-state index is 11.8. The number of para-hydroxylation sites is 1. The summed E-state index contributed by atoms with van der Waals surface area (Å²) in [7, 11) is -1.65. The molecular formula is C16H26N2O5Si. The maximum Gasteiger partial charge on any atom is 0.407 e. The Kier molecular flexibility index (Phi) is 7.86. The number of carbonyl (C=O) groups is 1. The van der Waals surface area contributed by atoms with Crippen LogP contribution in [0.3, 0.4) is 0 Å². The zero-order chi connectivity index (χ0) is 18.2. The molecule has 8 heteroatoms. The minimum Gasteiger partial charge on any atom is -0.441 e. The summed E-state index contributed by atoms with van der Waals surface area (Å²) in [4.78, 5) is 22.4. The first-order chi connectivity index (χ1) is 11.3. The van der Waals surface area contributed by atoms with Crippen molar-refractivity contribution in [1.29, 1.82) is 0 Å². The Labute approximate surface area is 143 Å². The molecule has 1 rings (SSSR count). The highest BCUT2D eigenvalue weighted by Crippen LogP contribution is 2.26. The molecular weight excluding hydrogens is 328 g/mol. The Morgan fingerprint density at radius 2 is 2.04 bits per heavy atom. The van der Waals surface area contributed by atoms with E-state index in [0.29, 0.717) is 18.7 Å². The van der Waals surface area contributed by atoms with Gasteiger partial charge in [-0.05, 0) is 45.5 Å². The number of ether oxygens (including phenoxy) is 1. The molecule has 7 nitrogen and oxygen atoms in total.